The Kier molecular flexibility index (Phi) is 16.8. The molecule has 0 N–H and O–H groups in total. The van der Waals surface area contributed by atoms with Crippen LogP contribution in [0.2, 0.25) is 5.02 Å². The molecule has 9 rings (SSSR count). The van der Waals surface area contributed by atoms with Crippen LogP contribution in [0.4, 0.5) is 0 Å². The number of methoxy groups -OCH3 is 2. The van der Waals surface area contributed by atoms with Gasteiger partial charge in [0.05, 0.1) is 105 Å². The summed E-state index contributed by atoms with van der Waals surface area (Å²) in [5.41, 5.74) is 7.87. The molecule has 0 aliphatic carbocycles. The van der Waals surface area contributed by atoms with Gasteiger partial charge in [-0.05, 0) is 95.0 Å². The quantitative estimate of drug-likeness (QED) is 0.0314. The van der Waals surface area contributed by atoms with E-state index in [0.29, 0.717) is 113 Å². The van der Waals surface area contributed by atoms with E-state index in [1.54, 1.807) is 42.5 Å². The predicted octanol–water partition coefficient (Wildman–Crippen LogP) is 9.67. The molecule has 0 fully saturated rings. The average Bonchev–Trinajstić information content (AvgIpc) is 4.15. The van der Waals surface area contributed by atoms with Gasteiger partial charge in [-0.15, -0.1) is 21.5 Å². The molecule has 0 radical (unpaired) electrons. The molecule has 0 spiro atoms. The van der Waals surface area contributed by atoms with Crippen LogP contribution in [-0.4, -0.2) is 111 Å². The van der Waals surface area contributed by atoms with Crippen LogP contribution in [0.5, 0.6) is 5.75 Å². The fraction of sp³-hybridized carbons (Fsp3) is 0.375. The summed E-state index contributed by atoms with van der Waals surface area (Å²) in [4.78, 5) is 69.3. The zero-order chi connectivity index (χ0) is 53.6. The number of furan rings is 1. The molecule has 18 nitrogen and oxygen atoms in total. The summed E-state index contributed by atoms with van der Waals surface area (Å²) in [6, 6.07) is 15.6. The molecule has 2 atom stereocenters. The lowest BCUT2D eigenvalue weighted by Crippen LogP contribution is -2.29. The molecule has 0 saturated carbocycles. The van der Waals surface area contributed by atoms with E-state index in [4.69, 9.17) is 49.7 Å². The van der Waals surface area contributed by atoms with Crippen LogP contribution in [0.25, 0.3) is 38.1 Å². The number of esters is 1. The van der Waals surface area contributed by atoms with Crippen LogP contribution in [-0.2, 0) is 35.1 Å². The Hall–Kier alpha value is -7.16. The number of thiophene rings is 1. The number of Topliss-reactive ketones (excluding diaryl/α,β-unsaturated/α-hetero) is 2. The molecule has 0 bridgehead atoms. The number of ether oxygens (including phenoxy) is 5. The average molecular weight is 1070 g/mol. The largest absolute Gasteiger partial charge is 0.496 e. The summed E-state index contributed by atoms with van der Waals surface area (Å²) in [5, 5.41) is 10.8. The molecule has 396 valence electrons. The Morgan fingerprint density at radius 1 is 0.868 bits per heavy atom. The van der Waals surface area contributed by atoms with Crippen LogP contribution >= 0.6 is 22.9 Å². The lowest BCUT2D eigenvalue weighted by Gasteiger charge is -2.15. The zero-order valence-corrected chi connectivity index (χ0v) is 45.1. The molecule has 7 heterocycles. The van der Waals surface area contributed by atoms with Crippen molar-refractivity contribution in [3.05, 3.63) is 139 Å². The van der Waals surface area contributed by atoms with Gasteiger partial charge < -0.3 is 28.1 Å². The monoisotopic (exact) mass is 1070 g/mol. The summed E-state index contributed by atoms with van der Waals surface area (Å²) in [7, 11) is 2.95. The first-order chi connectivity index (χ1) is 36.8. The summed E-state index contributed by atoms with van der Waals surface area (Å²) in [6.45, 7) is 11.5. The Labute approximate surface area is 447 Å². The van der Waals surface area contributed by atoms with Crippen molar-refractivity contribution in [3.8, 4) is 21.9 Å². The molecule has 6 aromatic heterocycles. The molecule has 8 aromatic rings. The predicted molar refractivity (Wildman–Crippen MR) is 289 cm³/mol. The summed E-state index contributed by atoms with van der Waals surface area (Å²) in [6.07, 6.45) is 6.49. The Balaban J connectivity index is 0.743. The fourth-order valence-corrected chi connectivity index (χ4v) is 11.2. The number of carbonyl (C=O) groups excluding carboxylic acids is 3. The molecule has 0 saturated heterocycles. The van der Waals surface area contributed by atoms with Gasteiger partial charge in [0.25, 0.3) is 0 Å². The van der Waals surface area contributed by atoms with Gasteiger partial charge in [0, 0.05) is 64.9 Å². The lowest BCUT2D eigenvalue weighted by molar-refractivity contribution is -0.141. The topological polar surface area (TPSA) is 206 Å². The third-order valence-electron chi connectivity index (χ3n) is 13.5. The van der Waals surface area contributed by atoms with Crippen LogP contribution in [0.3, 0.4) is 0 Å². The molecule has 20 heteroatoms. The normalized spacial score (nSPS) is 13.6. The molecule has 0 amide bonds. The number of hydrogen-bond acceptors (Lipinski definition) is 16. The minimum Gasteiger partial charge on any atom is -0.496 e. The number of halogens is 1. The van der Waals surface area contributed by atoms with E-state index < -0.39 is 18.1 Å². The molecule has 1 aliphatic rings. The van der Waals surface area contributed by atoms with Crippen LogP contribution in [0.15, 0.2) is 87.5 Å². The number of pyridine rings is 2. The number of imidazole rings is 1. The molecular weight excluding hydrogens is 1010 g/mol. The van der Waals surface area contributed by atoms with Gasteiger partial charge in [-0.25, -0.2) is 4.79 Å². The molecule has 1 aliphatic heterocycles. The maximum absolute atomic E-state index is 14.4. The van der Waals surface area contributed by atoms with E-state index in [9.17, 15) is 19.2 Å². The van der Waals surface area contributed by atoms with E-state index in [2.05, 4.69) is 15.2 Å². The van der Waals surface area contributed by atoms with Crippen molar-refractivity contribution in [2.75, 3.05) is 53.9 Å². The van der Waals surface area contributed by atoms with Crippen molar-refractivity contribution >= 4 is 68.1 Å². The van der Waals surface area contributed by atoms with E-state index in [1.165, 1.54) is 23.0 Å². The van der Waals surface area contributed by atoms with Gasteiger partial charge in [-0.1, -0.05) is 29.8 Å². The number of nitrogens with zero attached hydrogens (tertiary/aromatic N) is 8. The van der Waals surface area contributed by atoms with Crippen LogP contribution in [0.1, 0.15) is 106 Å². The minimum absolute atomic E-state index is 0.0190. The zero-order valence-electron chi connectivity index (χ0n) is 43.5. The third-order valence-corrected chi connectivity index (χ3v) is 15.1. The summed E-state index contributed by atoms with van der Waals surface area (Å²) >= 11 is 7.61. The second-order valence-corrected chi connectivity index (χ2v) is 20.0. The van der Waals surface area contributed by atoms with Crippen LogP contribution in [0, 0.1) is 27.7 Å². The van der Waals surface area contributed by atoms with Gasteiger partial charge in [0.15, 0.2) is 17.4 Å². The van der Waals surface area contributed by atoms with Crippen molar-refractivity contribution in [2.24, 2.45) is 4.99 Å². The first-order valence-corrected chi connectivity index (χ1v) is 26.3. The van der Waals surface area contributed by atoms with Crippen molar-refractivity contribution in [1.29, 1.82) is 0 Å². The summed E-state index contributed by atoms with van der Waals surface area (Å²) < 4.78 is 39.0. The molecular formula is C56H59ClN8O10S. The van der Waals surface area contributed by atoms with Gasteiger partial charge in [-0.3, -0.25) is 43.0 Å². The maximum Gasteiger partial charge on any atom is 0.330 e. The van der Waals surface area contributed by atoms with Gasteiger partial charge >= 0.3 is 11.7 Å². The van der Waals surface area contributed by atoms with E-state index >= 15 is 0 Å². The van der Waals surface area contributed by atoms with E-state index in [1.807, 2.05) is 81.7 Å². The first-order valence-electron chi connectivity index (χ1n) is 25.1. The number of aliphatic imine (C=N–C) groups is 1. The maximum atomic E-state index is 14.4. The number of fused-ring (bicyclic) bond motifs is 6. The van der Waals surface area contributed by atoms with Crippen molar-refractivity contribution < 1.29 is 42.5 Å². The number of aromatic nitrogens is 7. The number of rotatable bonds is 24. The van der Waals surface area contributed by atoms with Crippen molar-refractivity contribution in [2.45, 2.75) is 85.4 Å². The molecule has 2 aromatic carbocycles. The Bertz CT molecular complexity index is 3500. The highest BCUT2D eigenvalue weighted by Gasteiger charge is 2.34. The van der Waals surface area contributed by atoms with Gasteiger partial charge in [-0.2, -0.15) is 0 Å². The number of carbonyl (C=O) groups is 3. The second kappa shape index (κ2) is 23.8. The Morgan fingerprint density at radius 2 is 1.59 bits per heavy atom. The highest BCUT2D eigenvalue weighted by atomic mass is 35.5. The standard InChI is InChI=1S/C56H59ClN8O10S/c1-32-31-75-35(4)49(32)41-26-43-40(27-47(41)70-6)52-45(29-59-43)63(56(69)64(52)34(3)42-13-8-9-19-58-42)30-39(66)12-10-20-72-22-24-74-25-23-73-21-11-14-46(67)53-33(2)50-51(37-15-17-38(57)18-16-37)60-44(28-48(68)71-7)54-62-61-36(5)65(54)55(50)76-53/h8-9,13,15-19,26-27,29,31,34,44H,10-12,14,20-25,28,30H2,1-7H3/t34-,44+/m1/s1. The van der Waals surface area contributed by atoms with Gasteiger partial charge in [0.1, 0.15) is 28.4 Å². The number of ketones is 2. The van der Waals surface area contributed by atoms with Crippen LogP contribution < -0.4 is 10.4 Å². The number of hydrogen-bond donors (Lipinski definition) is 0. The van der Waals surface area contributed by atoms with E-state index in [0.717, 1.165) is 44.1 Å². The fourth-order valence-electron chi connectivity index (χ4n) is 9.73. The number of aryl methyl sites for hydroxylation is 3. The summed E-state index contributed by atoms with van der Waals surface area (Å²) in [5.74, 6) is 1.89. The lowest BCUT2D eigenvalue weighted by atomic mass is 9.98. The van der Waals surface area contributed by atoms with Crippen molar-refractivity contribution in [1.82, 2.24) is 33.9 Å². The SMILES string of the molecule is COC(=O)C[C@@H]1N=C(c2ccc(Cl)cc2)c2c(sc(C(=O)CCCOCCOCCOCCCC(=O)Cn3c(=O)n([C@H](C)c4ccccn4)c4c5cc(OC)c(-c6c(C)coc6C)cc5ncc43)c2C)-n2c(C)nnc21. The number of benzene rings is 2. The first kappa shape index (κ1) is 53.7. The third kappa shape index (κ3) is 11.1. The van der Waals surface area contributed by atoms with E-state index in [-0.39, 0.29) is 43.1 Å². The smallest absolute Gasteiger partial charge is 0.330 e. The minimum atomic E-state index is -0.665. The highest BCUT2D eigenvalue weighted by molar-refractivity contribution is 7.17. The highest BCUT2D eigenvalue weighted by Crippen LogP contribution is 2.42. The Morgan fingerprint density at radius 3 is 2.26 bits per heavy atom. The molecule has 0 unspecified atom stereocenters. The molecule has 76 heavy (non-hydrogen) atoms. The van der Waals surface area contributed by atoms with Gasteiger partial charge in [0.2, 0.25) is 0 Å². The second-order valence-electron chi connectivity index (χ2n) is 18.5. The van der Waals surface area contributed by atoms with Crippen molar-refractivity contribution in [3.63, 3.8) is 0 Å².